The van der Waals surface area contributed by atoms with Gasteiger partial charge in [0, 0.05) is 37.0 Å². The van der Waals surface area contributed by atoms with E-state index < -0.39 is 19.7 Å². The van der Waals surface area contributed by atoms with Crippen LogP contribution in [0.25, 0.3) is 0 Å². The summed E-state index contributed by atoms with van der Waals surface area (Å²) >= 11 is 0. The molecule has 1 unspecified atom stereocenters. The van der Waals surface area contributed by atoms with Crippen LogP contribution in [0.4, 0.5) is 0 Å². The van der Waals surface area contributed by atoms with E-state index in [0.29, 0.717) is 0 Å². The molecule has 0 radical (unpaired) electrons. The highest BCUT2D eigenvalue weighted by molar-refractivity contribution is 8.08. The van der Waals surface area contributed by atoms with Crippen molar-refractivity contribution in [2.24, 2.45) is 0 Å². The summed E-state index contributed by atoms with van der Waals surface area (Å²) in [6.45, 7) is 1.47. The lowest BCUT2D eigenvalue weighted by atomic mass is 10.7. The molecule has 1 atom stereocenters. The van der Waals surface area contributed by atoms with Crippen molar-refractivity contribution in [1.82, 2.24) is 9.03 Å². The predicted molar refractivity (Wildman–Crippen MR) is 63.5 cm³/mol. The standard InChI is InChI=1S/C4H11NO3S2.C3H7NO/c1-5(9(2,3)6)10(4,7)8;1-3(5)4-2/h2H2,1,3-4H3;1-2H3,(H,4,5). The second-order valence-electron chi connectivity index (χ2n) is 2.94. The van der Waals surface area contributed by atoms with Crippen molar-refractivity contribution in [2.45, 2.75) is 6.92 Å². The van der Waals surface area contributed by atoms with Gasteiger partial charge in [0.25, 0.3) is 0 Å². The number of rotatable bonds is 2. The quantitative estimate of drug-likeness (QED) is 0.637. The Morgan fingerprint density at radius 3 is 1.53 bits per heavy atom. The first-order valence-corrected chi connectivity index (χ1v) is 7.81. The molecule has 1 N–H and O–H groups in total. The van der Waals surface area contributed by atoms with Gasteiger partial charge in [-0.2, -0.15) is 0 Å². The van der Waals surface area contributed by atoms with Crippen LogP contribution >= 0.6 is 0 Å². The van der Waals surface area contributed by atoms with Crippen molar-refractivity contribution >= 4 is 31.5 Å². The first-order chi connectivity index (χ1) is 6.42. The molecule has 0 saturated heterocycles. The Morgan fingerprint density at radius 2 is 1.53 bits per heavy atom. The zero-order chi connectivity index (χ0) is 12.9. The maximum absolute atomic E-state index is 11.0. The summed E-state index contributed by atoms with van der Waals surface area (Å²) in [6.07, 6.45) is 2.26. The van der Waals surface area contributed by atoms with Gasteiger partial charge in [-0.15, -0.1) is 3.71 Å². The molecule has 0 aliphatic heterocycles. The maximum atomic E-state index is 11.0. The maximum Gasteiger partial charge on any atom is 0.221 e. The van der Waals surface area contributed by atoms with Gasteiger partial charge in [0.05, 0.1) is 6.26 Å². The van der Waals surface area contributed by atoms with E-state index in [4.69, 9.17) is 0 Å². The van der Waals surface area contributed by atoms with Crippen LogP contribution in [-0.2, 0) is 24.5 Å². The fourth-order valence-electron chi connectivity index (χ4n) is 0.286. The summed E-state index contributed by atoms with van der Waals surface area (Å²) in [6, 6.07) is 0. The third-order valence-corrected chi connectivity index (χ3v) is 5.14. The van der Waals surface area contributed by atoms with Gasteiger partial charge in [0.15, 0.2) is 0 Å². The lowest BCUT2D eigenvalue weighted by molar-refractivity contribution is -0.118. The van der Waals surface area contributed by atoms with E-state index in [1.807, 2.05) is 0 Å². The molecule has 0 heterocycles. The molecular weight excluding hydrogens is 240 g/mol. The molecule has 15 heavy (non-hydrogen) atoms. The average Bonchev–Trinajstić information content (AvgIpc) is 2.01. The highest BCUT2D eigenvalue weighted by atomic mass is 32.3. The smallest absolute Gasteiger partial charge is 0.221 e. The van der Waals surface area contributed by atoms with Crippen LogP contribution in [0.2, 0.25) is 0 Å². The van der Waals surface area contributed by atoms with E-state index in [-0.39, 0.29) is 5.91 Å². The summed E-state index contributed by atoms with van der Waals surface area (Å²) in [7, 11) is -3.14. The summed E-state index contributed by atoms with van der Waals surface area (Å²) in [5, 5.41) is 2.39. The van der Waals surface area contributed by atoms with Gasteiger partial charge in [0.2, 0.25) is 15.9 Å². The number of hydrogen-bond acceptors (Lipinski definition) is 4. The molecule has 0 fully saturated rings. The van der Waals surface area contributed by atoms with Gasteiger partial charge < -0.3 is 5.32 Å². The van der Waals surface area contributed by atoms with Gasteiger partial charge in [-0.05, 0) is 5.87 Å². The Morgan fingerprint density at radius 1 is 1.27 bits per heavy atom. The number of sulfonamides is 1. The highest BCUT2D eigenvalue weighted by Gasteiger charge is 2.15. The Kier molecular flexibility index (Phi) is 6.82. The van der Waals surface area contributed by atoms with E-state index in [1.54, 1.807) is 7.05 Å². The van der Waals surface area contributed by atoms with Crippen molar-refractivity contribution in [2.75, 3.05) is 26.6 Å². The number of carbonyl (C=O) groups is 1. The summed E-state index contributed by atoms with van der Waals surface area (Å²) in [5.41, 5.74) is 0. The third kappa shape index (κ3) is 9.70. The SMILES string of the molecule is C=S(C)(=O)N(C)S(C)(=O)=O.CNC(C)=O. The highest BCUT2D eigenvalue weighted by Crippen LogP contribution is 1.98. The van der Waals surface area contributed by atoms with Crippen LogP contribution in [0, 0.1) is 0 Å². The topological polar surface area (TPSA) is 83.6 Å². The number of carbonyl (C=O) groups excluding carboxylic acids is 1. The molecule has 0 aromatic rings. The first-order valence-electron chi connectivity index (χ1n) is 3.87. The van der Waals surface area contributed by atoms with Gasteiger partial charge in [-0.1, -0.05) is 0 Å². The fraction of sp³-hybridized carbons (Fsp3) is 0.714. The minimum absolute atomic E-state index is 0.00463. The lowest BCUT2D eigenvalue weighted by Gasteiger charge is -2.14. The molecular formula is C7H18N2O4S2. The van der Waals surface area contributed by atoms with Crippen LogP contribution in [0.5, 0.6) is 0 Å². The van der Waals surface area contributed by atoms with Crippen molar-refractivity contribution in [3.8, 4) is 0 Å². The van der Waals surface area contributed by atoms with Crippen LogP contribution in [-0.4, -0.2) is 54.7 Å². The zero-order valence-electron chi connectivity index (χ0n) is 9.60. The molecule has 0 bridgehead atoms. The van der Waals surface area contributed by atoms with E-state index in [0.717, 1.165) is 9.97 Å². The predicted octanol–water partition coefficient (Wildman–Crippen LogP) is -1.11. The number of amides is 1. The zero-order valence-corrected chi connectivity index (χ0v) is 11.2. The molecule has 6 nitrogen and oxygen atoms in total. The molecule has 92 valence electrons. The number of nitrogens with one attached hydrogen (secondary N) is 1. The van der Waals surface area contributed by atoms with E-state index in [2.05, 4.69) is 11.2 Å². The van der Waals surface area contributed by atoms with Crippen molar-refractivity contribution < 1.29 is 17.4 Å². The molecule has 8 heteroatoms. The Balaban J connectivity index is 0. The lowest BCUT2D eigenvalue weighted by Crippen LogP contribution is -2.30. The number of nitrogens with zero attached hydrogens (tertiary/aromatic N) is 1. The Bertz CT molecular complexity index is 365. The largest absolute Gasteiger partial charge is 0.359 e. The van der Waals surface area contributed by atoms with Crippen LogP contribution in [0.15, 0.2) is 0 Å². The molecule has 0 aromatic heterocycles. The van der Waals surface area contributed by atoms with Crippen LogP contribution in [0.1, 0.15) is 6.92 Å². The molecule has 0 saturated carbocycles. The molecule has 0 aliphatic rings. The molecule has 0 aliphatic carbocycles. The minimum Gasteiger partial charge on any atom is -0.359 e. The van der Waals surface area contributed by atoms with Gasteiger partial charge in [0.1, 0.15) is 0 Å². The van der Waals surface area contributed by atoms with Crippen LogP contribution in [0.3, 0.4) is 0 Å². The van der Waals surface area contributed by atoms with Crippen LogP contribution < -0.4 is 5.32 Å². The van der Waals surface area contributed by atoms with Crippen molar-refractivity contribution in [3.63, 3.8) is 0 Å². The molecule has 1 amide bonds. The molecule has 0 aromatic carbocycles. The fourth-order valence-corrected chi connectivity index (χ4v) is 2.58. The second kappa shape index (κ2) is 6.09. The van der Waals surface area contributed by atoms with Crippen molar-refractivity contribution in [1.29, 1.82) is 0 Å². The van der Waals surface area contributed by atoms with Gasteiger partial charge >= 0.3 is 0 Å². The summed E-state index contributed by atoms with van der Waals surface area (Å²) in [5.74, 6) is 3.22. The third-order valence-electron chi connectivity index (χ3n) is 1.36. The number of hydrogen-bond donors (Lipinski definition) is 1. The van der Waals surface area contributed by atoms with Gasteiger partial charge in [-0.3, -0.25) is 9.00 Å². The summed E-state index contributed by atoms with van der Waals surface area (Å²) < 4.78 is 33.1. The minimum atomic E-state index is -3.37. The Labute approximate surface area is 91.8 Å². The monoisotopic (exact) mass is 258 g/mol. The molecule has 0 rings (SSSR count). The van der Waals surface area contributed by atoms with E-state index >= 15 is 0 Å². The van der Waals surface area contributed by atoms with Gasteiger partial charge in [-0.25, -0.2) is 8.42 Å². The van der Waals surface area contributed by atoms with E-state index in [1.165, 1.54) is 20.2 Å². The Hall–Kier alpha value is -0.600. The van der Waals surface area contributed by atoms with Crippen molar-refractivity contribution in [3.05, 3.63) is 0 Å². The van der Waals surface area contributed by atoms with E-state index in [9.17, 15) is 17.4 Å². The summed E-state index contributed by atoms with van der Waals surface area (Å²) in [4.78, 5) is 9.70. The average molecular weight is 258 g/mol. The normalized spacial score (nSPS) is 14.8. The first kappa shape index (κ1) is 16.8. The second-order valence-corrected chi connectivity index (χ2v) is 7.65. The molecule has 0 spiro atoms.